The van der Waals surface area contributed by atoms with Gasteiger partial charge in [0.15, 0.2) is 5.15 Å². The van der Waals surface area contributed by atoms with Crippen LogP contribution in [0.25, 0.3) is 11.0 Å². The molecule has 0 unspecified atom stereocenters. The van der Waals surface area contributed by atoms with Crippen molar-refractivity contribution >= 4 is 22.6 Å². The highest BCUT2D eigenvalue weighted by Crippen LogP contribution is 2.27. The van der Waals surface area contributed by atoms with Gasteiger partial charge in [-0.05, 0) is 26.0 Å². The lowest BCUT2D eigenvalue weighted by atomic mass is 9.91. The van der Waals surface area contributed by atoms with Gasteiger partial charge in [-0.25, -0.2) is 9.97 Å². The Morgan fingerprint density at radius 1 is 1.19 bits per heavy atom. The van der Waals surface area contributed by atoms with E-state index >= 15 is 0 Å². The molecule has 0 radical (unpaired) electrons. The second-order valence-corrected chi connectivity index (χ2v) is 4.45. The summed E-state index contributed by atoms with van der Waals surface area (Å²) in [5.74, 6) is 0. The van der Waals surface area contributed by atoms with Gasteiger partial charge in [-0.15, -0.1) is 0 Å². The van der Waals surface area contributed by atoms with Crippen LogP contribution in [0.5, 0.6) is 0 Å². The summed E-state index contributed by atoms with van der Waals surface area (Å²) in [4.78, 5) is 8.64. The maximum Gasteiger partial charge on any atom is 0.152 e. The molecule has 1 heterocycles. The molecule has 16 heavy (non-hydrogen) atoms. The van der Waals surface area contributed by atoms with E-state index in [0.717, 1.165) is 11.0 Å². The van der Waals surface area contributed by atoms with Crippen molar-refractivity contribution in [3.05, 3.63) is 35.1 Å². The zero-order valence-electron chi connectivity index (χ0n) is 9.03. The topological polar surface area (TPSA) is 49.6 Å². The lowest BCUT2D eigenvalue weighted by Gasteiger charge is -2.15. The van der Waals surface area contributed by atoms with E-state index in [9.17, 15) is 0 Å². The molecular formula is C12H10ClN3. The minimum atomic E-state index is -0.728. The first-order valence-electron chi connectivity index (χ1n) is 4.88. The standard InChI is InChI=1S/C12H10ClN3/c1-12(2,7-14)10-11(13)16-9-6-4-3-5-8(9)15-10/h3-6H,1-2H3. The molecule has 0 amide bonds. The van der Waals surface area contributed by atoms with Crippen molar-refractivity contribution in [3.8, 4) is 6.07 Å². The maximum atomic E-state index is 9.07. The third-order valence-electron chi connectivity index (χ3n) is 2.40. The molecule has 0 saturated carbocycles. The molecule has 1 aromatic heterocycles. The molecule has 0 aliphatic rings. The Bertz CT molecular complexity index is 584. The van der Waals surface area contributed by atoms with Gasteiger partial charge in [-0.3, -0.25) is 0 Å². The molecule has 80 valence electrons. The van der Waals surface area contributed by atoms with Crippen LogP contribution in [0, 0.1) is 11.3 Å². The molecule has 0 aliphatic heterocycles. The van der Waals surface area contributed by atoms with Crippen molar-refractivity contribution < 1.29 is 0 Å². The fraction of sp³-hybridized carbons (Fsp3) is 0.250. The Kier molecular flexibility index (Phi) is 2.53. The summed E-state index contributed by atoms with van der Waals surface area (Å²) in [5, 5.41) is 9.36. The first-order chi connectivity index (χ1) is 7.54. The van der Waals surface area contributed by atoms with Crippen molar-refractivity contribution in [2.45, 2.75) is 19.3 Å². The predicted octanol–water partition coefficient (Wildman–Crippen LogP) is 3.08. The second kappa shape index (κ2) is 3.73. The highest BCUT2D eigenvalue weighted by Gasteiger charge is 2.26. The average molecular weight is 232 g/mol. The van der Waals surface area contributed by atoms with E-state index in [4.69, 9.17) is 16.9 Å². The van der Waals surface area contributed by atoms with Crippen LogP contribution >= 0.6 is 11.6 Å². The quantitative estimate of drug-likeness (QED) is 0.758. The average Bonchev–Trinajstić information content (AvgIpc) is 2.28. The number of aromatic nitrogens is 2. The van der Waals surface area contributed by atoms with Crippen molar-refractivity contribution in [1.82, 2.24) is 9.97 Å². The predicted molar refractivity (Wildman–Crippen MR) is 63.2 cm³/mol. The molecule has 0 N–H and O–H groups in total. The Balaban J connectivity index is 2.73. The fourth-order valence-corrected chi connectivity index (χ4v) is 1.80. The van der Waals surface area contributed by atoms with Crippen LogP contribution in [0.15, 0.2) is 24.3 Å². The summed E-state index contributed by atoms with van der Waals surface area (Å²) >= 11 is 6.04. The molecular weight excluding hydrogens is 222 g/mol. The van der Waals surface area contributed by atoms with Gasteiger partial charge in [-0.2, -0.15) is 5.26 Å². The zero-order valence-corrected chi connectivity index (χ0v) is 9.78. The van der Waals surface area contributed by atoms with Gasteiger partial charge in [0, 0.05) is 0 Å². The van der Waals surface area contributed by atoms with E-state index < -0.39 is 5.41 Å². The second-order valence-electron chi connectivity index (χ2n) is 4.09. The first-order valence-corrected chi connectivity index (χ1v) is 5.26. The Hall–Kier alpha value is -1.66. The highest BCUT2D eigenvalue weighted by molar-refractivity contribution is 6.30. The lowest BCUT2D eigenvalue weighted by Crippen LogP contribution is -2.17. The SMILES string of the molecule is CC(C)(C#N)c1nc2ccccc2nc1Cl. The van der Waals surface area contributed by atoms with E-state index in [1.165, 1.54) is 0 Å². The van der Waals surface area contributed by atoms with E-state index in [1.807, 2.05) is 24.3 Å². The number of hydrogen-bond donors (Lipinski definition) is 0. The van der Waals surface area contributed by atoms with Gasteiger partial charge in [0.05, 0.1) is 28.2 Å². The smallest absolute Gasteiger partial charge is 0.152 e. The molecule has 4 heteroatoms. The molecule has 2 rings (SSSR count). The number of halogens is 1. The highest BCUT2D eigenvalue weighted by atomic mass is 35.5. The number of hydrogen-bond acceptors (Lipinski definition) is 3. The molecule has 2 aromatic rings. The summed E-state index contributed by atoms with van der Waals surface area (Å²) in [7, 11) is 0. The third-order valence-corrected chi connectivity index (χ3v) is 2.66. The van der Waals surface area contributed by atoms with Gasteiger partial charge in [0.25, 0.3) is 0 Å². The monoisotopic (exact) mass is 231 g/mol. The van der Waals surface area contributed by atoms with Crippen LogP contribution in [0.1, 0.15) is 19.5 Å². The van der Waals surface area contributed by atoms with Crippen molar-refractivity contribution in [3.63, 3.8) is 0 Å². The largest absolute Gasteiger partial charge is 0.246 e. The van der Waals surface area contributed by atoms with Crippen LogP contribution in [0.3, 0.4) is 0 Å². The molecule has 0 spiro atoms. The van der Waals surface area contributed by atoms with E-state index in [1.54, 1.807) is 13.8 Å². The number of nitrogens with zero attached hydrogens (tertiary/aromatic N) is 3. The summed E-state index contributed by atoms with van der Waals surface area (Å²) in [6, 6.07) is 9.64. The molecule has 0 bridgehead atoms. The van der Waals surface area contributed by atoms with Gasteiger partial charge in [0.2, 0.25) is 0 Å². The van der Waals surface area contributed by atoms with E-state index in [0.29, 0.717) is 10.8 Å². The van der Waals surface area contributed by atoms with Gasteiger partial charge in [-0.1, -0.05) is 23.7 Å². The Morgan fingerprint density at radius 3 is 2.31 bits per heavy atom. The van der Waals surface area contributed by atoms with Gasteiger partial charge < -0.3 is 0 Å². The minimum Gasteiger partial charge on any atom is -0.246 e. The zero-order chi connectivity index (χ0) is 11.8. The number of fused-ring (bicyclic) bond motifs is 1. The third kappa shape index (κ3) is 1.72. The van der Waals surface area contributed by atoms with E-state index in [-0.39, 0.29) is 0 Å². The molecule has 0 atom stereocenters. The number of benzene rings is 1. The van der Waals surface area contributed by atoms with E-state index in [2.05, 4.69) is 16.0 Å². The normalized spacial score (nSPS) is 11.4. The molecule has 0 saturated heterocycles. The minimum absolute atomic E-state index is 0.297. The Labute approximate surface area is 98.7 Å². The van der Waals surface area contributed by atoms with Crippen molar-refractivity contribution in [2.24, 2.45) is 0 Å². The number of nitriles is 1. The number of para-hydroxylation sites is 2. The van der Waals surface area contributed by atoms with Gasteiger partial charge in [0.1, 0.15) is 0 Å². The Morgan fingerprint density at radius 2 is 1.75 bits per heavy atom. The molecule has 1 aromatic carbocycles. The molecule has 0 aliphatic carbocycles. The summed E-state index contributed by atoms with van der Waals surface area (Å²) < 4.78 is 0. The number of rotatable bonds is 1. The summed E-state index contributed by atoms with van der Waals surface area (Å²) in [5.41, 5.74) is 1.29. The van der Waals surface area contributed by atoms with Crippen LogP contribution in [-0.2, 0) is 5.41 Å². The van der Waals surface area contributed by atoms with Crippen LogP contribution in [0.4, 0.5) is 0 Å². The fourth-order valence-electron chi connectivity index (χ4n) is 1.43. The summed E-state index contributed by atoms with van der Waals surface area (Å²) in [6.07, 6.45) is 0. The summed E-state index contributed by atoms with van der Waals surface area (Å²) in [6.45, 7) is 3.55. The maximum absolute atomic E-state index is 9.07. The molecule has 0 fully saturated rings. The van der Waals surface area contributed by atoms with Crippen LogP contribution in [-0.4, -0.2) is 9.97 Å². The first kappa shape index (κ1) is 10.8. The lowest BCUT2D eigenvalue weighted by molar-refractivity contribution is 0.659. The van der Waals surface area contributed by atoms with Crippen LogP contribution in [0.2, 0.25) is 5.15 Å². The van der Waals surface area contributed by atoms with Crippen molar-refractivity contribution in [2.75, 3.05) is 0 Å². The van der Waals surface area contributed by atoms with Crippen LogP contribution < -0.4 is 0 Å². The van der Waals surface area contributed by atoms with Gasteiger partial charge >= 0.3 is 0 Å². The van der Waals surface area contributed by atoms with Crippen molar-refractivity contribution in [1.29, 1.82) is 5.26 Å². The molecule has 3 nitrogen and oxygen atoms in total.